The van der Waals surface area contributed by atoms with Crippen molar-refractivity contribution in [2.75, 3.05) is 46.9 Å². The Bertz CT molecular complexity index is 724. The summed E-state index contributed by atoms with van der Waals surface area (Å²) in [6, 6.07) is 16.2. The van der Waals surface area contributed by atoms with Crippen molar-refractivity contribution in [3.8, 4) is 5.75 Å². The molecule has 0 unspecified atom stereocenters. The lowest BCUT2D eigenvalue weighted by Gasteiger charge is -2.32. The lowest BCUT2D eigenvalue weighted by molar-refractivity contribution is 0.169. The molecule has 138 valence electrons. The zero-order valence-electron chi connectivity index (χ0n) is 15.3. The van der Waals surface area contributed by atoms with Crippen LogP contribution < -0.4 is 4.74 Å². The van der Waals surface area contributed by atoms with Crippen molar-refractivity contribution in [3.05, 3.63) is 54.1 Å². The minimum absolute atomic E-state index is 0.676. The van der Waals surface area contributed by atoms with E-state index in [-0.39, 0.29) is 0 Å². The molecule has 1 N–H and O–H groups in total. The van der Waals surface area contributed by atoms with Crippen LogP contribution in [-0.4, -0.2) is 67.6 Å². The highest BCUT2D eigenvalue weighted by Crippen LogP contribution is 2.29. The number of rotatable bonds is 6. The molecule has 0 spiro atoms. The Kier molecular flexibility index (Phi) is 6.55. The van der Waals surface area contributed by atoms with Gasteiger partial charge in [0.2, 0.25) is 0 Å². The van der Waals surface area contributed by atoms with Gasteiger partial charge in [-0.25, -0.2) is 0 Å². The van der Waals surface area contributed by atoms with Gasteiger partial charge in [-0.05, 0) is 43.4 Å². The lowest BCUT2D eigenvalue weighted by atomic mass is 10.1. The van der Waals surface area contributed by atoms with Crippen LogP contribution in [0.15, 0.2) is 63.5 Å². The summed E-state index contributed by atoms with van der Waals surface area (Å²) >= 11 is 1.70. The molecule has 1 saturated heterocycles. The second kappa shape index (κ2) is 9.07. The van der Waals surface area contributed by atoms with E-state index in [0.29, 0.717) is 6.54 Å². The molecule has 0 saturated carbocycles. The molecule has 26 heavy (non-hydrogen) atoms. The Hall–Kier alpha value is -2.02. The summed E-state index contributed by atoms with van der Waals surface area (Å²) in [6.45, 7) is 4.78. The molecule has 1 aliphatic heterocycles. The number of nitrogens with zero attached hydrogens (tertiary/aromatic N) is 3. The number of ether oxygens (including phenoxy) is 1. The predicted molar refractivity (Wildman–Crippen MR) is 106 cm³/mol. The summed E-state index contributed by atoms with van der Waals surface area (Å²) in [6.07, 6.45) is 0. The highest BCUT2D eigenvalue weighted by atomic mass is 32.2. The number of likely N-dealkylation sites (N-methyl/N-ethyl adjacent to an activating group) is 1. The van der Waals surface area contributed by atoms with Crippen molar-refractivity contribution in [2.45, 2.75) is 9.79 Å². The van der Waals surface area contributed by atoms with E-state index in [0.717, 1.165) is 53.0 Å². The number of oxime groups is 1. The van der Waals surface area contributed by atoms with E-state index in [2.05, 4.69) is 34.1 Å². The average Bonchev–Trinajstić information content (AvgIpc) is 2.69. The third kappa shape index (κ3) is 5.00. The van der Waals surface area contributed by atoms with Gasteiger partial charge < -0.3 is 14.8 Å². The minimum atomic E-state index is 0.676. The average molecular weight is 372 g/mol. The fourth-order valence-corrected chi connectivity index (χ4v) is 3.71. The fourth-order valence-electron chi connectivity index (χ4n) is 2.89. The van der Waals surface area contributed by atoms with Crippen LogP contribution in [0, 0.1) is 0 Å². The molecule has 5 nitrogen and oxygen atoms in total. The maximum Gasteiger partial charge on any atom is 0.118 e. The zero-order chi connectivity index (χ0) is 18.4. The third-order valence-corrected chi connectivity index (χ3v) is 5.59. The van der Waals surface area contributed by atoms with Gasteiger partial charge in [0.1, 0.15) is 11.5 Å². The van der Waals surface area contributed by atoms with E-state index in [1.807, 2.05) is 36.4 Å². The molecule has 2 aromatic rings. The van der Waals surface area contributed by atoms with Crippen molar-refractivity contribution >= 4 is 17.5 Å². The highest BCUT2D eigenvalue weighted by molar-refractivity contribution is 7.99. The molecule has 6 heteroatoms. The van der Waals surface area contributed by atoms with E-state index >= 15 is 0 Å². The smallest absolute Gasteiger partial charge is 0.118 e. The van der Waals surface area contributed by atoms with Gasteiger partial charge in [-0.15, -0.1) is 0 Å². The summed E-state index contributed by atoms with van der Waals surface area (Å²) in [4.78, 5) is 6.95. The molecule has 0 amide bonds. The monoisotopic (exact) mass is 371 g/mol. The Morgan fingerprint density at radius 1 is 1.00 bits per heavy atom. The van der Waals surface area contributed by atoms with Crippen molar-refractivity contribution in [2.24, 2.45) is 5.16 Å². The van der Waals surface area contributed by atoms with Crippen LogP contribution in [-0.2, 0) is 0 Å². The quantitative estimate of drug-likeness (QED) is 0.480. The summed E-state index contributed by atoms with van der Waals surface area (Å²) in [5.41, 5.74) is 1.68. The van der Waals surface area contributed by atoms with Crippen LogP contribution in [0.4, 0.5) is 0 Å². The second-order valence-corrected chi connectivity index (χ2v) is 7.58. The van der Waals surface area contributed by atoms with Crippen LogP contribution in [0.25, 0.3) is 0 Å². The third-order valence-electron chi connectivity index (χ3n) is 4.57. The summed E-state index contributed by atoms with van der Waals surface area (Å²) < 4.78 is 5.19. The molecule has 2 aromatic carbocycles. The van der Waals surface area contributed by atoms with Gasteiger partial charge in [-0.3, -0.25) is 4.90 Å². The molecule has 0 bridgehead atoms. The molecular weight excluding hydrogens is 346 g/mol. The molecule has 0 aromatic heterocycles. The minimum Gasteiger partial charge on any atom is -0.497 e. The van der Waals surface area contributed by atoms with E-state index < -0.39 is 0 Å². The van der Waals surface area contributed by atoms with Gasteiger partial charge in [-0.2, -0.15) is 0 Å². The number of methoxy groups -OCH3 is 1. The Morgan fingerprint density at radius 2 is 1.58 bits per heavy atom. The predicted octanol–water partition coefficient (Wildman–Crippen LogP) is 3.27. The summed E-state index contributed by atoms with van der Waals surface area (Å²) in [7, 11) is 3.81. The molecule has 0 atom stereocenters. The van der Waals surface area contributed by atoms with Gasteiger partial charge in [-0.1, -0.05) is 29.1 Å². The SMILES string of the molecule is COc1ccc(Sc2ccc(/C(CN3CCN(C)CC3)=N/O)cc2)cc1. The maximum atomic E-state index is 9.45. The first kappa shape index (κ1) is 18.8. The molecular formula is C20H25N3O2S. The molecule has 0 radical (unpaired) electrons. The van der Waals surface area contributed by atoms with E-state index in [1.165, 1.54) is 0 Å². The van der Waals surface area contributed by atoms with Crippen LogP contribution in [0.1, 0.15) is 5.56 Å². The zero-order valence-corrected chi connectivity index (χ0v) is 16.1. The topological polar surface area (TPSA) is 48.3 Å². The first-order valence-corrected chi connectivity index (χ1v) is 9.54. The first-order chi connectivity index (χ1) is 12.7. The van der Waals surface area contributed by atoms with Gasteiger partial charge in [0.15, 0.2) is 0 Å². The molecule has 3 rings (SSSR count). The standard InChI is InChI=1S/C20H25N3O2S/c1-22-11-13-23(14-12-22)15-20(21-24)16-3-7-18(8-4-16)26-19-9-5-17(25-2)6-10-19/h3-10,24H,11-15H2,1-2H3/b21-20+. The highest BCUT2D eigenvalue weighted by Gasteiger charge is 2.16. The van der Waals surface area contributed by atoms with Gasteiger partial charge in [0.25, 0.3) is 0 Å². The molecule has 1 fully saturated rings. The van der Waals surface area contributed by atoms with Gasteiger partial charge >= 0.3 is 0 Å². The van der Waals surface area contributed by atoms with Gasteiger partial charge in [0, 0.05) is 48.1 Å². The van der Waals surface area contributed by atoms with E-state index in [4.69, 9.17) is 4.74 Å². The number of hydrogen-bond acceptors (Lipinski definition) is 6. The second-order valence-electron chi connectivity index (χ2n) is 6.43. The van der Waals surface area contributed by atoms with Gasteiger partial charge in [0.05, 0.1) is 7.11 Å². The Morgan fingerprint density at radius 3 is 2.12 bits per heavy atom. The summed E-state index contributed by atoms with van der Waals surface area (Å²) in [5, 5.41) is 13.0. The Balaban J connectivity index is 1.61. The number of benzene rings is 2. The Labute approximate surface area is 159 Å². The lowest BCUT2D eigenvalue weighted by Crippen LogP contribution is -2.46. The van der Waals surface area contributed by atoms with E-state index in [9.17, 15) is 5.21 Å². The molecule has 1 aliphatic rings. The maximum absolute atomic E-state index is 9.45. The van der Waals surface area contributed by atoms with Crippen LogP contribution in [0.3, 0.4) is 0 Å². The first-order valence-electron chi connectivity index (χ1n) is 8.72. The molecule has 1 heterocycles. The van der Waals surface area contributed by atoms with Crippen LogP contribution in [0.5, 0.6) is 5.75 Å². The fraction of sp³-hybridized carbons (Fsp3) is 0.350. The van der Waals surface area contributed by atoms with Crippen LogP contribution in [0.2, 0.25) is 0 Å². The van der Waals surface area contributed by atoms with Crippen molar-refractivity contribution in [1.82, 2.24) is 9.80 Å². The van der Waals surface area contributed by atoms with E-state index in [1.54, 1.807) is 18.9 Å². The van der Waals surface area contributed by atoms with Crippen molar-refractivity contribution in [3.63, 3.8) is 0 Å². The van der Waals surface area contributed by atoms with Crippen molar-refractivity contribution < 1.29 is 9.94 Å². The summed E-state index contributed by atoms with van der Waals surface area (Å²) in [5.74, 6) is 0.859. The normalized spacial score (nSPS) is 16.6. The van der Waals surface area contributed by atoms with Crippen LogP contribution >= 0.6 is 11.8 Å². The van der Waals surface area contributed by atoms with Crippen molar-refractivity contribution in [1.29, 1.82) is 0 Å². The number of piperazine rings is 1. The largest absolute Gasteiger partial charge is 0.497 e. The number of hydrogen-bond donors (Lipinski definition) is 1. The molecule has 0 aliphatic carbocycles.